The van der Waals surface area contributed by atoms with Crippen molar-refractivity contribution in [2.45, 2.75) is 6.92 Å². The SMILES string of the molecule is Cc1cccc2oc(-c3cc(N=Cc4cc(Cl)cc(Br)c4O)ccc3O)nc12. The number of nitrogens with zero attached hydrogens (tertiary/aromatic N) is 2. The number of oxazole rings is 1. The van der Waals surface area contributed by atoms with E-state index >= 15 is 0 Å². The zero-order valence-electron chi connectivity index (χ0n) is 14.6. The molecule has 3 aromatic carbocycles. The van der Waals surface area contributed by atoms with Gasteiger partial charge in [-0.05, 0) is 64.8 Å². The molecule has 0 atom stereocenters. The summed E-state index contributed by atoms with van der Waals surface area (Å²) in [6.07, 6.45) is 1.50. The zero-order chi connectivity index (χ0) is 19.8. The van der Waals surface area contributed by atoms with Gasteiger partial charge in [-0.2, -0.15) is 0 Å². The molecule has 5 nitrogen and oxygen atoms in total. The van der Waals surface area contributed by atoms with Crippen LogP contribution in [0.15, 0.2) is 62.4 Å². The molecule has 0 fully saturated rings. The van der Waals surface area contributed by atoms with Crippen molar-refractivity contribution < 1.29 is 14.6 Å². The smallest absolute Gasteiger partial charge is 0.231 e. The summed E-state index contributed by atoms with van der Waals surface area (Å²) >= 11 is 9.27. The molecule has 0 amide bonds. The number of aromatic hydroxyl groups is 2. The highest BCUT2D eigenvalue weighted by Crippen LogP contribution is 2.35. The molecule has 0 aliphatic heterocycles. The molecule has 2 N–H and O–H groups in total. The fraction of sp³-hybridized carbons (Fsp3) is 0.0476. The third-order valence-electron chi connectivity index (χ3n) is 4.24. The fourth-order valence-electron chi connectivity index (χ4n) is 2.81. The number of hydrogen-bond acceptors (Lipinski definition) is 5. The Morgan fingerprint density at radius 1 is 1.14 bits per heavy atom. The van der Waals surface area contributed by atoms with E-state index in [1.54, 1.807) is 24.3 Å². The van der Waals surface area contributed by atoms with Crippen molar-refractivity contribution in [3.63, 3.8) is 0 Å². The van der Waals surface area contributed by atoms with Crippen molar-refractivity contribution in [1.29, 1.82) is 0 Å². The predicted molar refractivity (Wildman–Crippen MR) is 114 cm³/mol. The summed E-state index contributed by atoms with van der Waals surface area (Å²) in [6.45, 7) is 1.95. The van der Waals surface area contributed by atoms with E-state index in [0.29, 0.717) is 37.8 Å². The quantitative estimate of drug-likeness (QED) is 0.350. The van der Waals surface area contributed by atoms with Crippen LogP contribution in [0.1, 0.15) is 11.1 Å². The molecule has 0 spiro atoms. The van der Waals surface area contributed by atoms with Crippen LogP contribution in [0, 0.1) is 6.92 Å². The average molecular weight is 458 g/mol. The van der Waals surface area contributed by atoms with Gasteiger partial charge in [-0.3, -0.25) is 4.99 Å². The van der Waals surface area contributed by atoms with Crippen molar-refractivity contribution in [3.05, 3.63) is 69.2 Å². The Bertz CT molecular complexity index is 1230. The van der Waals surface area contributed by atoms with Gasteiger partial charge in [-0.1, -0.05) is 23.7 Å². The van der Waals surface area contributed by atoms with Gasteiger partial charge in [-0.15, -0.1) is 0 Å². The molecule has 0 aliphatic rings. The van der Waals surface area contributed by atoms with Crippen LogP contribution >= 0.6 is 27.5 Å². The number of benzene rings is 3. The Balaban J connectivity index is 1.74. The summed E-state index contributed by atoms with van der Waals surface area (Å²) in [6, 6.07) is 13.7. The van der Waals surface area contributed by atoms with E-state index in [1.165, 1.54) is 12.3 Å². The van der Waals surface area contributed by atoms with Crippen molar-refractivity contribution >= 4 is 50.5 Å². The Morgan fingerprint density at radius 2 is 1.96 bits per heavy atom. The molecule has 0 bridgehead atoms. The molecular weight excluding hydrogens is 444 g/mol. The Labute approximate surface area is 174 Å². The van der Waals surface area contributed by atoms with Gasteiger partial charge in [0.2, 0.25) is 5.89 Å². The molecule has 1 heterocycles. The lowest BCUT2D eigenvalue weighted by Gasteiger charge is -2.04. The first-order chi connectivity index (χ1) is 13.4. The van der Waals surface area contributed by atoms with E-state index in [9.17, 15) is 10.2 Å². The number of phenolic OH excluding ortho intramolecular Hbond substituents is 2. The summed E-state index contributed by atoms with van der Waals surface area (Å²) < 4.78 is 6.28. The number of aryl methyl sites for hydroxylation is 1. The Morgan fingerprint density at radius 3 is 2.75 bits per heavy atom. The second-order valence-corrected chi connectivity index (χ2v) is 7.52. The molecular formula is C21H14BrClN2O3. The minimum absolute atomic E-state index is 0.0384. The van der Waals surface area contributed by atoms with Crippen molar-refractivity contribution in [1.82, 2.24) is 4.98 Å². The third kappa shape index (κ3) is 3.48. The van der Waals surface area contributed by atoms with Gasteiger partial charge in [0.25, 0.3) is 0 Å². The molecule has 0 saturated heterocycles. The van der Waals surface area contributed by atoms with Crippen LogP contribution in [0.3, 0.4) is 0 Å². The molecule has 0 radical (unpaired) electrons. The largest absolute Gasteiger partial charge is 0.507 e. The maximum Gasteiger partial charge on any atom is 0.231 e. The summed E-state index contributed by atoms with van der Waals surface area (Å²) in [5.74, 6) is 0.394. The van der Waals surface area contributed by atoms with Crippen molar-refractivity contribution in [3.8, 4) is 23.0 Å². The van der Waals surface area contributed by atoms with E-state index in [0.717, 1.165) is 11.1 Å². The van der Waals surface area contributed by atoms with E-state index in [4.69, 9.17) is 16.0 Å². The number of fused-ring (bicyclic) bond motifs is 1. The van der Waals surface area contributed by atoms with Crippen LogP contribution in [0.25, 0.3) is 22.6 Å². The van der Waals surface area contributed by atoms with E-state index in [-0.39, 0.29) is 11.5 Å². The van der Waals surface area contributed by atoms with Gasteiger partial charge < -0.3 is 14.6 Å². The number of aromatic nitrogens is 1. The molecule has 1 aromatic heterocycles. The van der Waals surface area contributed by atoms with E-state index < -0.39 is 0 Å². The zero-order valence-corrected chi connectivity index (χ0v) is 17.0. The molecule has 4 aromatic rings. The maximum absolute atomic E-state index is 10.3. The third-order valence-corrected chi connectivity index (χ3v) is 5.06. The first kappa shape index (κ1) is 18.5. The normalized spacial score (nSPS) is 11.5. The summed E-state index contributed by atoms with van der Waals surface area (Å²) in [5, 5.41) is 20.9. The van der Waals surface area contributed by atoms with Crippen LogP contribution < -0.4 is 0 Å². The number of halogens is 2. The highest BCUT2D eigenvalue weighted by molar-refractivity contribution is 9.10. The lowest BCUT2D eigenvalue weighted by atomic mass is 10.1. The molecule has 4 rings (SSSR count). The maximum atomic E-state index is 10.3. The van der Waals surface area contributed by atoms with Crippen LogP contribution in [-0.2, 0) is 0 Å². The minimum Gasteiger partial charge on any atom is -0.507 e. The number of para-hydroxylation sites is 1. The molecule has 7 heteroatoms. The molecule has 0 aliphatic carbocycles. The van der Waals surface area contributed by atoms with Crippen LogP contribution in [0.5, 0.6) is 11.5 Å². The van der Waals surface area contributed by atoms with E-state index in [1.807, 2.05) is 25.1 Å². The van der Waals surface area contributed by atoms with Gasteiger partial charge in [0.15, 0.2) is 5.58 Å². The summed E-state index contributed by atoms with van der Waals surface area (Å²) in [4.78, 5) is 8.87. The van der Waals surface area contributed by atoms with E-state index in [2.05, 4.69) is 25.9 Å². The Hall–Kier alpha value is -2.83. The van der Waals surface area contributed by atoms with Gasteiger partial charge in [-0.25, -0.2) is 4.98 Å². The predicted octanol–water partition coefficient (Wildman–Crippen LogP) is 6.38. The van der Waals surface area contributed by atoms with Crippen molar-refractivity contribution in [2.24, 2.45) is 4.99 Å². The van der Waals surface area contributed by atoms with Gasteiger partial charge in [0, 0.05) is 16.8 Å². The topological polar surface area (TPSA) is 78.9 Å². The number of hydrogen-bond donors (Lipinski definition) is 2. The molecule has 0 saturated carbocycles. The van der Waals surface area contributed by atoms with Crippen LogP contribution in [0.2, 0.25) is 5.02 Å². The van der Waals surface area contributed by atoms with Gasteiger partial charge >= 0.3 is 0 Å². The number of aliphatic imine (C=N–C) groups is 1. The average Bonchev–Trinajstić information content (AvgIpc) is 3.10. The lowest BCUT2D eigenvalue weighted by molar-refractivity contribution is 0.471. The Kier molecular flexibility index (Phi) is 4.83. The minimum atomic E-state index is 0.0384. The molecule has 0 unspecified atom stereocenters. The second-order valence-electron chi connectivity index (χ2n) is 6.23. The molecule has 140 valence electrons. The summed E-state index contributed by atoms with van der Waals surface area (Å²) in [5.41, 5.74) is 3.84. The highest BCUT2D eigenvalue weighted by Gasteiger charge is 2.14. The van der Waals surface area contributed by atoms with Gasteiger partial charge in [0.05, 0.1) is 15.7 Å². The fourth-order valence-corrected chi connectivity index (χ4v) is 3.64. The monoisotopic (exact) mass is 456 g/mol. The highest BCUT2D eigenvalue weighted by atomic mass is 79.9. The van der Waals surface area contributed by atoms with Crippen LogP contribution in [0.4, 0.5) is 5.69 Å². The number of rotatable bonds is 3. The summed E-state index contributed by atoms with van der Waals surface area (Å²) in [7, 11) is 0. The van der Waals surface area contributed by atoms with Gasteiger partial charge in [0.1, 0.15) is 17.0 Å². The van der Waals surface area contributed by atoms with Crippen LogP contribution in [-0.4, -0.2) is 21.4 Å². The first-order valence-electron chi connectivity index (χ1n) is 8.34. The van der Waals surface area contributed by atoms with Crippen molar-refractivity contribution in [2.75, 3.05) is 0 Å². The lowest BCUT2D eigenvalue weighted by Crippen LogP contribution is -1.85. The number of phenols is 2. The molecule has 28 heavy (non-hydrogen) atoms. The second kappa shape index (κ2) is 7.30. The standard InChI is InChI=1S/C21H14BrClN2O3/c1-11-3-2-4-18-19(11)25-21(28-18)15-9-14(5-6-17(15)26)24-10-12-7-13(23)8-16(22)20(12)27/h2-10,26-27H,1H3. The first-order valence-corrected chi connectivity index (χ1v) is 9.51.